The molecule has 3 aromatic rings. The molecule has 1 aliphatic carbocycles. The molecule has 0 unspecified atom stereocenters. The van der Waals surface area contributed by atoms with Gasteiger partial charge < -0.3 is 5.32 Å². The number of anilines is 1. The number of fused-ring (bicyclic) bond motifs is 1. The van der Waals surface area contributed by atoms with Gasteiger partial charge in [0.15, 0.2) is 0 Å². The average Bonchev–Trinajstić information content (AvgIpc) is 3.47. The molecular formula is C22H21N3. The van der Waals surface area contributed by atoms with E-state index in [9.17, 15) is 0 Å². The van der Waals surface area contributed by atoms with Crippen molar-refractivity contribution < 1.29 is 0 Å². The number of benzene rings is 2. The number of hydrogen-bond donors (Lipinski definition) is 1. The summed E-state index contributed by atoms with van der Waals surface area (Å²) >= 11 is 0. The summed E-state index contributed by atoms with van der Waals surface area (Å²) in [5, 5.41) is 5.80. The second-order valence-corrected chi connectivity index (χ2v) is 6.52. The lowest BCUT2D eigenvalue weighted by molar-refractivity contribution is 1.10. The molecule has 124 valence electrons. The quantitative estimate of drug-likeness (QED) is 0.587. The van der Waals surface area contributed by atoms with E-state index in [1.807, 2.05) is 12.1 Å². The highest BCUT2D eigenvalue weighted by atomic mass is 14.9. The van der Waals surface area contributed by atoms with E-state index in [-0.39, 0.29) is 0 Å². The van der Waals surface area contributed by atoms with Crippen LogP contribution in [0.3, 0.4) is 0 Å². The largest absolute Gasteiger partial charge is 0.359 e. The molecule has 0 bridgehead atoms. The molecule has 0 amide bonds. The van der Waals surface area contributed by atoms with Crippen LogP contribution < -0.4 is 5.32 Å². The molecule has 1 aliphatic rings. The van der Waals surface area contributed by atoms with Crippen molar-refractivity contribution in [1.82, 2.24) is 4.98 Å². The summed E-state index contributed by atoms with van der Waals surface area (Å²) in [6.45, 7) is 4.19. The Balaban J connectivity index is 1.58. The van der Waals surface area contributed by atoms with Gasteiger partial charge >= 0.3 is 0 Å². The molecule has 1 aromatic heterocycles. The molecule has 1 heterocycles. The van der Waals surface area contributed by atoms with Gasteiger partial charge in [0.05, 0.1) is 5.69 Å². The van der Waals surface area contributed by atoms with Crippen LogP contribution in [0.2, 0.25) is 0 Å². The SMILES string of the molecule is C=C(CC(=Nc1cccc2ccccc12)C1CC1)Nc1ccncc1. The molecule has 2 aromatic carbocycles. The van der Waals surface area contributed by atoms with Crippen molar-refractivity contribution in [1.29, 1.82) is 0 Å². The molecule has 0 spiro atoms. The fourth-order valence-corrected chi connectivity index (χ4v) is 3.05. The van der Waals surface area contributed by atoms with Crippen LogP contribution in [0.15, 0.2) is 84.3 Å². The van der Waals surface area contributed by atoms with Crippen molar-refractivity contribution in [2.24, 2.45) is 10.9 Å². The Morgan fingerprint density at radius 2 is 1.80 bits per heavy atom. The highest BCUT2D eigenvalue weighted by Gasteiger charge is 2.28. The van der Waals surface area contributed by atoms with Crippen LogP contribution in [0.1, 0.15) is 19.3 Å². The molecule has 1 N–H and O–H groups in total. The van der Waals surface area contributed by atoms with E-state index in [2.05, 4.69) is 59.3 Å². The maximum Gasteiger partial charge on any atom is 0.0707 e. The molecular weight excluding hydrogens is 306 g/mol. The van der Waals surface area contributed by atoms with Crippen LogP contribution in [0.25, 0.3) is 10.8 Å². The van der Waals surface area contributed by atoms with E-state index >= 15 is 0 Å². The third kappa shape index (κ3) is 3.77. The van der Waals surface area contributed by atoms with Crippen LogP contribution in [0.5, 0.6) is 0 Å². The Kier molecular flexibility index (Phi) is 4.30. The molecule has 4 rings (SSSR count). The number of hydrogen-bond acceptors (Lipinski definition) is 3. The summed E-state index contributed by atoms with van der Waals surface area (Å²) in [6.07, 6.45) is 6.79. The number of rotatable bonds is 6. The van der Waals surface area contributed by atoms with Gasteiger partial charge in [-0.05, 0) is 42.3 Å². The molecule has 3 heteroatoms. The Morgan fingerprint density at radius 1 is 1.04 bits per heavy atom. The minimum Gasteiger partial charge on any atom is -0.359 e. The molecule has 0 saturated heterocycles. The van der Waals surface area contributed by atoms with E-state index in [4.69, 9.17) is 4.99 Å². The maximum absolute atomic E-state index is 5.03. The predicted octanol–water partition coefficient (Wildman–Crippen LogP) is 5.73. The zero-order valence-corrected chi connectivity index (χ0v) is 14.2. The first kappa shape index (κ1) is 15.6. The predicted molar refractivity (Wildman–Crippen MR) is 105 cm³/mol. The number of allylic oxidation sites excluding steroid dienone is 1. The van der Waals surface area contributed by atoms with Gasteiger partial charge in [0, 0.05) is 41.3 Å². The number of nitrogens with zero attached hydrogens (tertiary/aromatic N) is 2. The molecule has 3 nitrogen and oxygen atoms in total. The summed E-state index contributed by atoms with van der Waals surface area (Å²) < 4.78 is 0. The summed E-state index contributed by atoms with van der Waals surface area (Å²) in [4.78, 5) is 9.08. The first-order valence-corrected chi connectivity index (χ1v) is 8.69. The number of aromatic nitrogens is 1. The standard InChI is InChI=1S/C22H21N3/c1-16(24-19-11-13-23-14-12-19)15-22(18-9-10-18)25-21-8-4-6-17-5-2-3-7-20(17)21/h2-8,11-14,18H,1,9-10,15H2,(H,23,24). The summed E-state index contributed by atoms with van der Waals surface area (Å²) in [7, 11) is 0. The lowest BCUT2D eigenvalue weighted by atomic mass is 10.1. The van der Waals surface area contributed by atoms with Gasteiger partial charge in [-0.3, -0.25) is 9.98 Å². The van der Waals surface area contributed by atoms with Gasteiger partial charge in [0.1, 0.15) is 0 Å². The summed E-state index contributed by atoms with van der Waals surface area (Å²) in [5.41, 5.74) is 4.26. The average molecular weight is 327 g/mol. The monoisotopic (exact) mass is 327 g/mol. The zero-order chi connectivity index (χ0) is 17.1. The molecule has 1 saturated carbocycles. The topological polar surface area (TPSA) is 37.3 Å². The van der Waals surface area contributed by atoms with Crippen molar-refractivity contribution >= 4 is 27.9 Å². The van der Waals surface area contributed by atoms with Gasteiger partial charge in [-0.2, -0.15) is 0 Å². The molecule has 25 heavy (non-hydrogen) atoms. The van der Waals surface area contributed by atoms with Crippen molar-refractivity contribution in [2.45, 2.75) is 19.3 Å². The lowest BCUT2D eigenvalue weighted by Crippen LogP contribution is -2.08. The second-order valence-electron chi connectivity index (χ2n) is 6.52. The van der Waals surface area contributed by atoms with Crippen LogP contribution in [-0.4, -0.2) is 10.7 Å². The first-order chi connectivity index (χ1) is 12.3. The Hall–Kier alpha value is -2.94. The van der Waals surface area contributed by atoms with E-state index in [0.29, 0.717) is 5.92 Å². The van der Waals surface area contributed by atoms with Gasteiger partial charge in [-0.25, -0.2) is 0 Å². The summed E-state index contributed by atoms with van der Waals surface area (Å²) in [6, 6.07) is 18.6. The Bertz CT molecular complexity index is 919. The van der Waals surface area contributed by atoms with Crippen molar-refractivity contribution in [2.75, 3.05) is 5.32 Å². The Morgan fingerprint density at radius 3 is 2.60 bits per heavy atom. The second kappa shape index (κ2) is 6.89. The molecule has 1 fully saturated rings. The Labute approximate surface area is 148 Å². The highest BCUT2D eigenvalue weighted by Crippen LogP contribution is 2.36. The zero-order valence-electron chi connectivity index (χ0n) is 14.2. The van der Waals surface area contributed by atoms with Crippen molar-refractivity contribution in [3.05, 3.63) is 79.3 Å². The minimum absolute atomic E-state index is 0.593. The van der Waals surface area contributed by atoms with Crippen LogP contribution >= 0.6 is 0 Å². The van der Waals surface area contributed by atoms with Crippen molar-refractivity contribution in [3.8, 4) is 0 Å². The fourth-order valence-electron chi connectivity index (χ4n) is 3.05. The minimum atomic E-state index is 0.593. The normalized spacial score (nSPS) is 14.5. The molecule has 0 aliphatic heterocycles. The number of nitrogens with one attached hydrogen (secondary N) is 1. The summed E-state index contributed by atoms with van der Waals surface area (Å²) in [5.74, 6) is 0.593. The van der Waals surface area contributed by atoms with Crippen LogP contribution in [0, 0.1) is 5.92 Å². The van der Waals surface area contributed by atoms with Gasteiger partial charge in [-0.1, -0.05) is 43.0 Å². The molecule has 0 radical (unpaired) electrons. The van der Waals surface area contributed by atoms with Gasteiger partial charge in [0.25, 0.3) is 0 Å². The fraction of sp³-hybridized carbons (Fsp3) is 0.182. The smallest absolute Gasteiger partial charge is 0.0707 e. The van der Waals surface area contributed by atoms with E-state index < -0.39 is 0 Å². The van der Waals surface area contributed by atoms with Crippen LogP contribution in [0.4, 0.5) is 11.4 Å². The van der Waals surface area contributed by atoms with E-state index in [1.54, 1.807) is 12.4 Å². The third-order valence-electron chi connectivity index (χ3n) is 4.48. The lowest BCUT2D eigenvalue weighted by Gasteiger charge is -2.12. The highest BCUT2D eigenvalue weighted by molar-refractivity contribution is 5.98. The number of pyridine rings is 1. The first-order valence-electron chi connectivity index (χ1n) is 8.69. The van der Waals surface area contributed by atoms with Crippen molar-refractivity contribution in [3.63, 3.8) is 0 Å². The van der Waals surface area contributed by atoms with E-state index in [0.717, 1.165) is 23.5 Å². The van der Waals surface area contributed by atoms with Gasteiger partial charge in [-0.15, -0.1) is 0 Å². The third-order valence-corrected chi connectivity index (χ3v) is 4.48. The van der Waals surface area contributed by atoms with Gasteiger partial charge in [0.2, 0.25) is 0 Å². The number of aliphatic imine (C=N–C) groups is 1. The maximum atomic E-state index is 5.03. The molecule has 0 atom stereocenters. The van der Waals surface area contributed by atoms with Crippen LogP contribution in [-0.2, 0) is 0 Å². The van der Waals surface area contributed by atoms with E-state index in [1.165, 1.54) is 29.3 Å².